The lowest BCUT2D eigenvalue weighted by Crippen LogP contribution is -2.23. The Kier molecular flexibility index (Phi) is 8.00. The van der Waals surface area contributed by atoms with E-state index in [1.54, 1.807) is 0 Å². The number of anilines is 2. The van der Waals surface area contributed by atoms with E-state index >= 15 is 0 Å². The van der Waals surface area contributed by atoms with Crippen LogP contribution in [0, 0.1) is 5.92 Å². The summed E-state index contributed by atoms with van der Waals surface area (Å²) in [5.41, 5.74) is 19.9. The maximum absolute atomic E-state index is 2.54. The molecule has 6 aromatic carbocycles. The molecule has 0 spiro atoms. The molecule has 9 rings (SSSR count). The number of benzene rings is 6. The van der Waals surface area contributed by atoms with E-state index in [0.29, 0.717) is 5.92 Å². The first kappa shape index (κ1) is 33.2. The summed E-state index contributed by atoms with van der Waals surface area (Å²) in [6, 6.07) is 51.9. The van der Waals surface area contributed by atoms with Crippen molar-refractivity contribution in [1.29, 1.82) is 0 Å². The summed E-state index contributed by atoms with van der Waals surface area (Å²) < 4.78 is 0. The second kappa shape index (κ2) is 12.8. The summed E-state index contributed by atoms with van der Waals surface area (Å²) >= 11 is 0. The summed E-state index contributed by atoms with van der Waals surface area (Å²) in [4.78, 5) is 2.47. The molecule has 0 heterocycles. The average molecular weight is 686 g/mol. The van der Waals surface area contributed by atoms with Gasteiger partial charge in [-0.15, -0.1) is 0 Å². The van der Waals surface area contributed by atoms with Gasteiger partial charge in [0.2, 0.25) is 0 Å². The Morgan fingerprint density at radius 3 is 1.81 bits per heavy atom. The zero-order chi connectivity index (χ0) is 36.3. The smallest absolute Gasteiger partial charge is 0.0462 e. The van der Waals surface area contributed by atoms with Crippen LogP contribution in [0.4, 0.5) is 11.4 Å². The molecule has 3 aliphatic carbocycles. The predicted molar refractivity (Wildman–Crippen MR) is 226 cm³/mol. The number of hydrogen-bond donors (Lipinski definition) is 0. The van der Waals surface area contributed by atoms with Crippen molar-refractivity contribution in [2.45, 2.75) is 58.3 Å². The molecule has 3 aliphatic rings. The van der Waals surface area contributed by atoms with Crippen molar-refractivity contribution >= 4 is 23.0 Å². The van der Waals surface area contributed by atoms with Crippen LogP contribution in [0.1, 0.15) is 80.0 Å². The molecule has 0 saturated carbocycles. The third-order valence-electron chi connectivity index (χ3n) is 12.1. The molecule has 0 aromatic heterocycles. The van der Waals surface area contributed by atoms with Gasteiger partial charge in [0.15, 0.2) is 0 Å². The molecule has 6 aromatic rings. The minimum absolute atomic E-state index is 0.111. The van der Waals surface area contributed by atoms with Crippen molar-refractivity contribution in [2.24, 2.45) is 5.92 Å². The molecular formula is C52H47N. The number of rotatable bonds is 7. The van der Waals surface area contributed by atoms with Gasteiger partial charge in [0.05, 0.1) is 0 Å². The Hall–Kier alpha value is -5.66. The molecule has 1 nitrogen and oxygen atoms in total. The van der Waals surface area contributed by atoms with E-state index in [9.17, 15) is 0 Å². The lowest BCUT2D eigenvalue weighted by Gasteiger charge is -2.33. The summed E-state index contributed by atoms with van der Waals surface area (Å²) in [5, 5.41) is 0. The highest BCUT2D eigenvalue weighted by molar-refractivity contribution is 5.91. The third kappa shape index (κ3) is 5.62. The monoisotopic (exact) mass is 685 g/mol. The van der Waals surface area contributed by atoms with Crippen LogP contribution in [0.2, 0.25) is 0 Å². The van der Waals surface area contributed by atoms with E-state index in [-0.39, 0.29) is 10.8 Å². The summed E-state index contributed by atoms with van der Waals surface area (Å²) in [7, 11) is 0. The van der Waals surface area contributed by atoms with Crippen LogP contribution >= 0.6 is 0 Å². The highest BCUT2D eigenvalue weighted by atomic mass is 15.2. The van der Waals surface area contributed by atoms with Gasteiger partial charge in [0.1, 0.15) is 0 Å². The number of para-hydroxylation sites is 1. The van der Waals surface area contributed by atoms with E-state index in [1.165, 1.54) is 83.8 Å². The van der Waals surface area contributed by atoms with Gasteiger partial charge in [-0.05, 0) is 122 Å². The maximum Gasteiger partial charge on any atom is 0.0462 e. The van der Waals surface area contributed by atoms with Crippen molar-refractivity contribution in [2.75, 3.05) is 4.90 Å². The minimum atomic E-state index is -0.135. The van der Waals surface area contributed by atoms with E-state index in [0.717, 1.165) is 12.8 Å². The molecule has 1 atom stereocenters. The lowest BCUT2D eigenvalue weighted by molar-refractivity contribution is 0.651. The van der Waals surface area contributed by atoms with Crippen molar-refractivity contribution in [1.82, 2.24) is 0 Å². The molecule has 0 amide bonds. The molecule has 53 heavy (non-hydrogen) atoms. The first-order valence-corrected chi connectivity index (χ1v) is 19.2. The standard InChI is InChI=1S/C52H47N/c1-35-17-15-16-24-50(35)53(40-22-13-8-14-23-40)41-26-28-43-45-34-48-44(33-49(45)52(4,5)47(43)32-41)42-27-25-37(31-46(42)51(48,2)3)30-39(38-20-11-7-12-21-38)29-36-18-9-6-10-19-36/h6-16,18-29,31-35H,17,30H2,1-5H3. The Morgan fingerprint density at radius 2 is 1.17 bits per heavy atom. The van der Waals surface area contributed by atoms with Crippen molar-refractivity contribution in [3.63, 3.8) is 0 Å². The van der Waals surface area contributed by atoms with Gasteiger partial charge >= 0.3 is 0 Å². The highest BCUT2D eigenvalue weighted by Gasteiger charge is 2.42. The zero-order valence-electron chi connectivity index (χ0n) is 31.5. The Morgan fingerprint density at radius 1 is 0.604 bits per heavy atom. The summed E-state index contributed by atoms with van der Waals surface area (Å²) in [5.74, 6) is 0.439. The second-order valence-electron chi connectivity index (χ2n) is 16.3. The molecule has 1 heteroatoms. The predicted octanol–water partition coefficient (Wildman–Crippen LogP) is 13.7. The number of hydrogen-bond acceptors (Lipinski definition) is 1. The molecule has 260 valence electrons. The Labute approximate surface area is 315 Å². The first-order valence-electron chi connectivity index (χ1n) is 19.2. The Balaban J connectivity index is 1.10. The summed E-state index contributed by atoms with van der Waals surface area (Å²) in [6.45, 7) is 12.0. The lowest BCUT2D eigenvalue weighted by atomic mass is 9.79. The van der Waals surface area contributed by atoms with E-state index < -0.39 is 0 Å². The normalized spacial score (nSPS) is 17.4. The molecule has 0 bridgehead atoms. The van der Waals surface area contributed by atoms with Crippen LogP contribution in [-0.4, -0.2) is 0 Å². The van der Waals surface area contributed by atoms with Crippen molar-refractivity contribution in [3.05, 3.63) is 202 Å². The van der Waals surface area contributed by atoms with Gasteiger partial charge in [0.25, 0.3) is 0 Å². The maximum atomic E-state index is 2.54. The third-order valence-corrected chi connectivity index (χ3v) is 12.1. The fourth-order valence-corrected chi connectivity index (χ4v) is 9.16. The fourth-order valence-electron chi connectivity index (χ4n) is 9.16. The molecule has 0 fully saturated rings. The molecule has 0 aliphatic heterocycles. The molecular weight excluding hydrogens is 639 g/mol. The van der Waals surface area contributed by atoms with Crippen LogP contribution in [-0.2, 0) is 17.3 Å². The number of allylic oxidation sites excluding steroid dienone is 5. The SMILES string of the molecule is CC1CC=CC=C1N(c1ccccc1)c1ccc2c(c1)C(C)(C)c1cc3c(cc1-2)C(C)(C)c1cc(CC(=Cc2ccccc2)c2ccccc2)ccc1-3. The zero-order valence-corrected chi connectivity index (χ0v) is 31.5. The molecule has 0 saturated heterocycles. The van der Waals surface area contributed by atoms with Gasteiger partial charge < -0.3 is 4.90 Å². The van der Waals surface area contributed by atoms with Crippen LogP contribution in [0.25, 0.3) is 33.9 Å². The fraction of sp³-hybridized carbons (Fsp3) is 0.192. The van der Waals surface area contributed by atoms with Gasteiger partial charge in [0, 0.05) is 33.8 Å². The van der Waals surface area contributed by atoms with Crippen LogP contribution in [0.15, 0.2) is 163 Å². The van der Waals surface area contributed by atoms with Crippen molar-refractivity contribution in [3.8, 4) is 22.3 Å². The quantitative estimate of drug-likeness (QED) is 0.151. The van der Waals surface area contributed by atoms with Gasteiger partial charge in [-0.2, -0.15) is 0 Å². The first-order chi connectivity index (χ1) is 25.7. The second-order valence-corrected chi connectivity index (χ2v) is 16.3. The number of nitrogens with zero attached hydrogens (tertiary/aromatic N) is 1. The molecule has 0 radical (unpaired) electrons. The Bertz CT molecular complexity index is 2440. The van der Waals surface area contributed by atoms with Gasteiger partial charge in [-0.25, -0.2) is 0 Å². The van der Waals surface area contributed by atoms with Gasteiger partial charge in [-0.3, -0.25) is 0 Å². The minimum Gasteiger partial charge on any atom is -0.314 e. The topological polar surface area (TPSA) is 3.24 Å². The highest BCUT2D eigenvalue weighted by Crippen LogP contribution is 2.57. The van der Waals surface area contributed by atoms with Crippen LogP contribution in [0.5, 0.6) is 0 Å². The van der Waals surface area contributed by atoms with E-state index in [1.807, 2.05) is 0 Å². The van der Waals surface area contributed by atoms with Crippen molar-refractivity contribution < 1.29 is 0 Å². The van der Waals surface area contributed by atoms with Crippen LogP contribution in [0.3, 0.4) is 0 Å². The summed E-state index contributed by atoms with van der Waals surface area (Å²) in [6.07, 6.45) is 11.1. The molecule has 1 unspecified atom stereocenters. The van der Waals surface area contributed by atoms with E-state index in [2.05, 4.69) is 203 Å². The largest absolute Gasteiger partial charge is 0.314 e. The average Bonchev–Trinajstić information content (AvgIpc) is 3.54. The number of fused-ring (bicyclic) bond motifs is 6. The molecule has 0 N–H and O–H groups in total. The van der Waals surface area contributed by atoms with E-state index in [4.69, 9.17) is 0 Å². The van der Waals surface area contributed by atoms with Gasteiger partial charge in [-0.1, -0.05) is 156 Å². The van der Waals surface area contributed by atoms with Crippen LogP contribution < -0.4 is 4.90 Å².